The molecular formula is C16H26N2O2S. The van der Waals surface area contributed by atoms with Crippen LogP contribution < -0.4 is 10.6 Å². The Kier molecular flexibility index (Phi) is 7.61. The summed E-state index contributed by atoms with van der Waals surface area (Å²) in [6, 6.07) is 5.82. The topological polar surface area (TPSA) is 61.4 Å². The van der Waals surface area contributed by atoms with Gasteiger partial charge in [-0.15, -0.1) is 0 Å². The number of hydrogen-bond donors (Lipinski definition) is 3. The molecule has 0 spiro atoms. The lowest BCUT2D eigenvalue weighted by Crippen LogP contribution is -2.40. The Morgan fingerprint density at radius 1 is 1.38 bits per heavy atom. The summed E-state index contributed by atoms with van der Waals surface area (Å²) in [5.74, 6) is 1.14. The molecule has 0 saturated heterocycles. The van der Waals surface area contributed by atoms with Gasteiger partial charge in [-0.05, 0) is 36.6 Å². The predicted molar refractivity (Wildman–Crippen MR) is 91.3 cm³/mol. The fraction of sp³-hybridized carbons (Fsp3) is 0.562. The number of para-hydroxylation sites is 1. The SMILES string of the molecule is CSC[C@H](CCO)NC(=O)Nc1c(C)cccc1C(C)C. The molecule has 5 heteroatoms. The third kappa shape index (κ3) is 5.59. The second-order valence-corrected chi connectivity index (χ2v) is 6.37. The molecule has 0 fully saturated rings. The van der Waals surface area contributed by atoms with Crippen LogP contribution in [0.3, 0.4) is 0 Å². The smallest absolute Gasteiger partial charge is 0.319 e. The van der Waals surface area contributed by atoms with E-state index in [-0.39, 0.29) is 18.7 Å². The van der Waals surface area contributed by atoms with Gasteiger partial charge in [0.15, 0.2) is 0 Å². The van der Waals surface area contributed by atoms with Crippen LogP contribution >= 0.6 is 11.8 Å². The molecule has 0 aromatic heterocycles. The minimum absolute atomic E-state index is 0.0171. The van der Waals surface area contributed by atoms with Gasteiger partial charge in [-0.25, -0.2) is 4.79 Å². The quantitative estimate of drug-likeness (QED) is 0.724. The van der Waals surface area contributed by atoms with E-state index in [1.165, 1.54) is 0 Å². The summed E-state index contributed by atoms with van der Waals surface area (Å²) in [4.78, 5) is 12.2. The normalized spacial score (nSPS) is 12.3. The number of thioether (sulfide) groups is 1. The second kappa shape index (κ2) is 8.95. The lowest BCUT2D eigenvalue weighted by molar-refractivity contribution is 0.241. The van der Waals surface area contributed by atoms with Crippen molar-refractivity contribution in [1.29, 1.82) is 0 Å². The first-order valence-corrected chi connectivity index (χ1v) is 8.65. The maximum absolute atomic E-state index is 12.2. The van der Waals surface area contributed by atoms with E-state index in [2.05, 4.69) is 24.5 Å². The van der Waals surface area contributed by atoms with Crippen LogP contribution in [0.15, 0.2) is 18.2 Å². The number of urea groups is 1. The minimum Gasteiger partial charge on any atom is -0.396 e. The van der Waals surface area contributed by atoms with E-state index in [1.807, 2.05) is 31.4 Å². The number of hydrogen-bond acceptors (Lipinski definition) is 3. The van der Waals surface area contributed by atoms with Gasteiger partial charge in [0.1, 0.15) is 0 Å². The number of rotatable bonds is 7. The number of anilines is 1. The molecule has 0 heterocycles. The summed E-state index contributed by atoms with van der Waals surface area (Å²) in [6.07, 6.45) is 2.56. The van der Waals surface area contributed by atoms with Gasteiger partial charge in [0.05, 0.1) is 0 Å². The van der Waals surface area contributed by atoms with E-state index < -0.39 is 0 Å². The fourth-order valence-corrected chi connectivity index (χ4v) is 2.88. The predicted octanol–water partition coefficient (Wildman–Crippen LogP) is 3.35. The standard InChI is InChI=1S/C16H26N2O2S/c1-11(2)14-7-5-6-12(3)15(14)18-16(20)17-13(8-9-19)10-21-4/h5-7,11,13,19H,8-10H2,1-4H3,(H2,17,18,20)/t13-/m0/s1. The van der Waals surface area contributed by atoms with Gasteiger partial charge >= 0.3 is 6.03 Å². The summed E-state index contributed by atoms with van der Waals surface area (Å²) in [5.41, 5.74) is 3.07. The monoisotopic (exact) mass is 310 g/mol. The highest BCUT2D eigenvalue weighted by Crippen LogP contribution is 2.27. The Bertz CT molecular complexity index is 458. The molecule has 0 aliphatic heterocycles. The first kappa shape index (κ1) is 17.9. The van der Waals surface area contributed by atoms with Gasteiger partial charge in [0.2, 0.25) is 0 Å². The Morgan fingerprint density at radius 3 is 2.67 bits per heavy atom. The molecule has 0 unspecified atom stereocenters. The van der Waals surface area contributed by atoms with Gasteiger partial charge < -0.3 is 15.7 Å². The maximum atomic E-state index is 12.2. The van der Waals surface area contributed by atoms with Crippen molar-refractivity contribution >= 4 is 23.5 Å². The van der Waals surface area contributed by atoms with Gasteiger partial charge in [-0.3, -0.25) is 0 Å². The molecule has 1 aromatic rings. The Morgan fingerprint density at radius 2 is 2.10 bits per heavy atom. The van der Waals surface area contributed by atoms with Crippen LogP contribution in [-0.2, 0) is 0 Å². The van der Waals surface area contributed by atoms with Crippen molar-refractivity contribution in [1.82, 2.24) is 5.32 Å². The van der Waals surface area contributed by atoms with Crippen LogP contribution in [0.4, 0.5) is 10.5 Å². The molecule has 2 amide bonds. The van der Waals surface area contributed by atoms with E-state index in [9.17, 15) is 4.79 Å². The van der Waals surface area contributed by atoms with Crippen LogP contribution in [0.1, 0.15) is 37.3 Å². The van der Waals surface area contributed by atoms with Crippen molar-refractivity contribution in [3.63, 3.8) is 0 Å². The molecule has 21 heavy (non-hydrogen) atoms. The Balaban J connectivity index is 2.78. The third-order valence-corrected chi connectivity index (χ3v) is 4.08. The number of aliphatic hydroxyl groups excluding tert-OH is 1. The van der Waals surface area contributed by atoms with Gasteiger partial charge in [-0.1, -0.05) is 32.0 Å². The average molecular weight is 310 g/mol. The van der Waals surface area contributed by atoms with Crippen molar-refractivity contribution in [2.75, 3.05) is 23.9 Å². The highest BCUT2D eigenvalue weighted by atomic mass is 32.2. The summed E-state index contributed by atoms with van der Waals surface area (Å²) < 4.78 is 0. The largest absolute Gasteiger partial charge is 0.396 e. The molecule has 1 aromatic carbocycles. The van der Waals surface area contributed by atoms with Crippen molar-refractivity contribution in [3.8, 4) is 0 Å². The molecule has 1 atom stereocenters. The number of nitrogens with one attached hydrogen (secondary N) is 2. The van der Waals surface area contributed by atoms with Crippen molar-refractivity contribution in [2.24, 2.45) is 0 Å². The van der Waals surface area contributed by atoms with Crippen LogP contribution in [0.25, 0.3) is 0 Å². The van der Waals surface area contributed by atoms with E-state index in [1.54, 1.807) is 11.8 Å². The first-order valence-electron chi connectivity index (χ1n) is 7.26. The Labute approximate surface area is 131 Å². The molecule has 1 rings (SSSR count). The van der Waals surface area contributed by atoms with Crippen LogP contribution in [0, 0.1) is 6.92 Å². The zero-order chi connectivity index (χ0) is 15.8. The number of amides is 2. The second-order valence-electron chi connectivity index (χ2n) is 5.46. The molecule has 118 valence electrons. The first-order chi connectivity index (χ1) is 9.99. The van der Waals surface area contributed by atoms with Gasteiger partial charge in [-0.2, -0.15) is 11.8 Å². The van der Waals surface area contributed by atoms with Crippen molar-refractivity contribution in [3.05, 3.63) is 29.3 Å². The zero-order valence-corrected chi connectivity index (χ0v) is 14.1. The number of carbonyl (C=O) groups is 1. The molecule has 0 radical (unpaired) electrons. The van der Waals surface area contributed by atoms with Crippen LogP contribution in [0.2, 0.25) is 0 Å². The molecule has 0 saturated carbocycles. The third-order valence-electron chi connectivity index (χ3n) is 3.35. The van der Waals surface area contributed by atoms with Gasteiger partial charge in [0, 0.05) is 24.1 Å². The lowest BCUT2D eigenvalue weighted by atomic mass is 9.98. The number of benzene rings is 1. The highest BCUT2D eigenvalue weighted by Gasteiger charge is 2.15. The van der Waals surface area contributed by atoms with E-state index in [4.69, 9.17) is 5.11 Å². The summed E-state index contributed by atoms with van der Waals surface area (Å²) >= 11 is 1.66. The zero-order valence-electron chi connectivity index (χ0n) is 13.3. The molecule has 0 bridgehead atoms. The highest BCUT2D eigenvalue weighted by molar-refractivity contribution is 7.98. The molecule has 0 aliphatic carbocycles. The Hall–Kier alpha value is -1.20. The summed E-state index contributed by atoms with van der Waals surface area (Å²) in [6.45, 7) is 6.29. The maximum Gasteiger partial charge on any atom is 0.319 e. The lowest BCUT2D eigenvalue weighted by Gasteiger charge is -2.20. The molecule has 3 N–H and O–H groups in total. The van der Waals surface area contributed by atoms with E-state index >= 15 is 0 Å². The van der Waals surface area contributed by atoms with Crippen LogP contribution in [0.5, 0.6) is 0 Å². The van der Waals surface area contributed by atoms with E-state index in [0.29, 0.717) is 12.3 Å². The minimum atomic E-state index is -0.210. The number of aliphatic hydroxyl groups is 1. The average Bonchev–Trinajstić information content (AvgIpc) is 2.41. The molecule has 4 nitrogen and oxygen atoms in total. The fourth-order valence-electron chi connectivity index (χ4n) is 2.23. The number of carbonyl (C=O) groups excluding carboxylic acids is 1. The van der Waals surface area contributed by atoms with Crippen molar-refractivity contribution < 1.29 is 9.90 Å². The number of aryl methyl sites for hydroxylation is 1. The molecular weight excluding hydrogens is 284 g/mol. The van der Waals surface area contributed by atoms with Crippen LogP contribution in [-0.4, -0.2) is 35.8 Å². The van der Waals surface area contributed by atoms with Crippen molar-refractivity contribution in [2.45, 2.75) is 39.2 Å². The molecule has 0 aliphatic rings. The van der Waals surface area contributed by atoms with E-state index in [0.717, 1.165) is 22.6 Å². The summed E-state index contributed by atoms with van der Waals surface area (Å²) in [5, 5.41) is 14.9. The van der Waals surface area contributed by atoms with Gasteiger partial charge in [0.25, 0.3) is 0 Å². The summed E-state index contributed by atoms with van der Waals surface area (Å²) in [7, 11) is 0.